The van der Waals surface area contributed by atoms with E-state index in [1.54, 1.807) is 12.4 Å². The van der Waals surface area contributed by atoms with Gasteiger partial charge in [0.2, 0.25) is 0 Å². The van der Waals surface area contributed by atoms with E-state index >= 15 is 0 Å². The molecule has 0 unspecified atom stereocenters. The summed E-state index contributed by atoms with van der Waals surface area (Å²) in [5.41, 5.74) is 11.4. The Balaban J connectivity index is 1.71. The fourth-order valence-corrected chi connectivity index (χ4v) is 3.67. The predicted molar refractivity (Wildman–Crippen MR) is 127 cm³/mol. The molecule has 0 fully saturated rings. The number of anilines is 1. The van der Waals surface area contributed by atoms with E-state index in [-0.39, 0.29) is 6.61 Å². The van der Waals surface area contributed by atoms with Gasteiger partial charge in [0.1, 0.15) is 17.1 Å². The summed E-state index contributed by atoms with van der Waals surface area (Å²) < 4.78 is 7.44. The second kappa shape index (κ2) is 8.68. The van der Waals surface area contributed by atoms with Gasteiger partial charge >= 0.3 is 0 Å². The molecular weight excluding hydrogens is 416 g/mol. The number of imidazole rings is 1. The van der Waals surface area contributed by atoms with Crippen LogP contribution in [0.4, 0.5) is 5.82 Å². The number of nitrogens with two attached hydrogens (primary N) is 1. The van der Waals surface area contributed by atoms with Crippen molar-refractivity contribution in [2.24, 2.45) is 0 Å². The summed E-state index contributed by atoms with van der Waals surface area (Å²) in [6.45, 7) is 2.49. The number of benzene rings is 1. The van der Waals surface area contributed by atoms with E-state index in [9.17, 15) is 5.11 Å². The van der Waals surface area contributed by atoms with Crippen LogP contribution in [-0.2, 0) is 6.61 Å². The van der Waals surface area contributed by atoms with Gasteiger partial charge in [-0.05, 0) is 61.0 Å². The topological polar surface area (TPSA) is 112 Å². The molecule has 1 aromatic carbocycles. The number of aliphatic hydroxyl groups excluding tert-OH is 1. The van der Waals surface area contributed by atoms with Crippen LogP contribution < -0.4 is 10.5 Å². The van der Waals surface area contributed by atoms with E-state index in [1.807, 2.05) is 72.2 Å². The zero-order chi connectivity index (χ0) is 22.8. The molecule has 0 saturated heterocycles. The molecular formula is C25H22N6O2. The first-order valence-corrected chi connectivity index (χ1v) is 10.6. The predicted octanol–water partition coefficient (Wildman–Crippen LogP) is 4.02. The zero-order valence-electron chi connectivity index (χ0n) is 18.0. The molecule has 5 rings (SSSR count). The first kappa shape index (κ1) is 20.6. The Morgan fingerprint density at radius 3 is 2.45 bits per heavy atom. The Morgan fingerprint density at radius 1 is 0.939 bits per heavy atom. The maximum atomic E-state index is 9.44. The van der Waals surface area contributed by atoms with Crippen molar-refractivity contribution in [3.8, 4) is 34.2 Å². The average Bonchev–Trinajstić information content (AvgIpc) is 3.23. The molecule has 0 aliphatic heterocycles. The zero-order valence-corrected chi connectivity index (χ0v) is 18.0. The molecule has 164 valence electrons. The monoisotopic (exact) mass is 438 g/mol. The highest BCUT2D eigenvalue weighted by Gasteiger charge is 2.19. The van der Waals surface area contributed by atoms with Crippen molar-refractivity contribution in [3.63, 3.8) is 0 Å². The molecule has 0 saturated carbocycles. The molecule has 0 atom stereocenters. The SMILES string of the molecule is CCOc1ccc(-c2ccc3nc(-c4cccnc4N)n(-c4ccc(CO)cc4)c3n2)nc1. The van der Waals surface area contributed by atoms with Crippen LogP contribution in [0.15, 0.2) is 73.1 Å². The minimum atomic E-state index is -0.0286. The van der Waals surface area contributed by atoms with Crippen molar-refractivity contribution in [2.75, 3.05) is 12.3 Å². The van der Waals surface area contributed by atoms with Crippen LogP contribution in [0.1, 0.15) is 12.5 Å². The van der Waals surface area contributed by atoms with E-state index in [1.165, 1.54) is 0 Å². The number of hydrogen-bond donors (Lipinski definition) is 2. The van der Waals surface area contributed by atoms with Crippen LogP contribution in [0.2, 0.25) is 0 Å². The Labute approximate surface area is 190 Å². The number of nitrogen functional groups attached to an aromatic ring is 1. The van der Waals surface area contributed by atoms with Gasteiger partial charge in [0.25, 0.3) is 0 Å². The molecule has 4 heterocycles. The minimum Gasteiger partial charge on any atom is -0.492 e. The molecule has 8 heteroatoms. The van der Waals surface area contributed by atoms with Gasteiger partial charge < -0.3 is 15.6 Å². The van der Waals surface area contributed by atoms with E-state index in [2.05, 4.69) is 9.97 Å². The summed E-state index contributed by atoms with van der Waals surface area (Å²) >= 11 is 0. The van der Waals surface area contributed by atoms with Crippen molar-refractivity contribution in [2.45, 2.75) is 13.5 Å². The average molecular weight is 438 g/mol. The standard InChI is InChI=1S/C25H22N6O2/c1-2-33-18-9-10-20(28-14-18)21-11-12-22-25(29-21)31(17-7-5-16(15-32)6-8-17)24(30-22)19-4-3-13-27-23(19)26/h3-14,32H,2,15H2,1H3,(H2,26,27). The highest BCUT2D eigenvalue weighted by atomic mass is 16.5. The molecule has 33 heavy (non-hydrogen) atoms. The maximum absolute atomic E-state index is 9.44. The second-order valence-electron chi connectivity index (χ2n) is 7.38. The molecule has 0 radical (unpaired) electrons. The van der Waals surface area contributed by atoms with Crippen molar-refractivity contribution >= 4 is 17.0 Å². The van der Waals surface area contributed by atoms with Gasteiger partial charge in [-0.3, -0.25) is 9.55 Å². The third-order valence-corrected chi connectivity index (χ3v) is 5.27. The maximum Gasteiger partial charge on any atom is 0.165 e. The van der Waals surface area contributed by atoms with E-state index in [0.717, 1.165) is 16.9 Å². The summed E-state index contributed by atoms with van der Waals surface area (Å²) in [6.07, 6.45) is 3.34. The van der Waals surface area contributed by atoms with Crippen LogP contribution in [0.25, 0.3) is 39.6 Å². The number of hydrogen-bond acceptors (Lipinski definition) is 7. The van der Waals surface area contributed by atoms with E-state index in [0.29, 0.717) is 46.4 Å². The van der Waals surface area contributed by atoms with Crippen LogP contribution in [0, 0.1) is 0 Å². The lowest BCUT2D eigenvalue weighted by Gasteiger charge is -2.11. The lowest BCUT2D eigenvalue weighted by atomic mass is 10.2. The second-order valence-corrected chi connectivity index (χ2v) is 7.38. The van der Waals surface area contributed by atoms with Gasteiger partial charge in [0.05, 0.1) is 36.4 Å². The summed E-state index contributed by atoms with van der Waals surface area (Å²) in [7, 11) is 0. The molecule has 3 N–H and O–H groups in total. The first-order chi connectivity index (χ1) is 16.2. The number of nitrogens with zero attached hydrogens (tertiary/aromatic N) is 5. The Morgan fingerprint density at radius 2 is 1.76 bits per heavy atom. The van der Waals surface area contributed by atoms with Gasteiger partial charge in [-0.2, -0.15) is 0 Å². The third kappa shape index (κ3) is 3.88. The van der Waals surface area contributed by atoms with Crippen molar-refractivity contribution < 1.29 is 9.84 Å². The van der Waals surface area contributed by atoms with Crippen LogP contribution >= 0.6 is 0 Å². The molecule has 0 amide bonds. The van der Waals surface area contributed by atoms with Gasteiger partial charge in [0, 0.05) is 11.9 Å². The largest absolute Gasteiger partial charge is 0.492 e. The fraction of sp³-hybridized carbons (Fsp3) is 0.120. The summed E-state index contributed by atoms with van der Waals surface area (Å²) in [6, 6.07) is 18.9. The fourth-order valence-electron chi connectivity index (χ4n) is 3.67. The van der Waals surface area contributed by atoms with Crippen LogP contribution in [-0.4, -0.2) is 36.2 Å². The number of fused-ring (bicyclic) bond motifs is 1. The van der Waals surface area contributed by atoms with E-state index in [4.69, 9.17) is 20.4 Å². The minimum absolute atomic E-state index is 0.0286. The molecule has 5 aromatic rings. The normalized spacial score (nSPS) is 11.1. The first-order valence-electron chi connectivity index (χ1n) is 10.6. The van der Waals surface area contributed by atoms with Gasteiger partial charge in [0.15, 0.2) is 11.5 Å². The number of aliphatic hydroxyl groups is 1. The van der Waals surface area contributed by atoms with Gasteiger partial charge in [-0.15, -0.1) is 0 Å². The Bertz CT molecular complexity index is 1410. The lowest BCUT2D eigenvalue weighted by molar-refractivity contribution is 0.282. The summed E-state index contributed by atoms with van der Waals surface area (Å²) in [4.78, 5) is 18.5. The van der Waals surface area contributed by atoms with E-state index < -0.39 is 0 Å². The molecule has 8 nitrogen and oxygen atoms in total. The van der Waals surface area contributed by atoms with Gasteiger partial charge in [-0.25, -0.2) is 15.0 Å². The highest BCUT2D eigenvalue weighted by molar-refractivity contribution is 5.84. The number of rotatable bonds is 6. The molecule has 0 spiro atoms. The molecule has 4 aromatic heterocycles. The summed E-state index contributed by atoms with van der Waals surface area (Å²) in [5, 5.41) is 9.44. The van der Waals surface area contributed by atoms with Crippen LogP contribution in [0.3, 0.4) is 0 Å². The number of ether oxygens (including phenoxy) is 1. The quantitative estimate of drug-likeness (QED) is 0.412. The summed E-state index contributed by atoms with van der Waals surface area (Å²) in [5.74, 6) is 1.73. The Hall–Kier alpha value is -4.30. The van der Waals surface area contributed by atoms with Crippen LogP contribution in [0.5, 0.6) is 5.75 Å². The smallest absolute Gasteiger partial charge is 0.165 e. The van der Waals surface area contributed by atoms with Crippen molar-refractivity contribution in [1.29, 1.82) is 0 Å². The van der Waals surface area contributed by atoms with Gasteiger partial charge in [-0.1, -0.05) is 12.1 Å². The number of aromatic nitrogens is 5. The van der Waals surface area contributed by atoms with Crippen molar-refractivity contribution in [3.05, 3.63) is 78.6 Å². The molecule has 0 aliphatic rings. The molecule has 0 aliphatic carbocycles. The Kier molecular flexibility index (Phi) is 5.42. The highest BCUT2D eigenvalue weighted by Crippen LogP contribution is 2.31. The molecule has 0 bridgehead atoms. The third-order valence-electron chi connectivity index (χ3n) is 5.27. The lowest BCUT2D eigenvalue weighted by Crippen LogP contribution is -2.02. The van der Waals surface area contributed by atoms with Crippen molar-refractivity contribution in [1.82, 2.24) is 24.5 Å². The number of pyridine rings is 3.